The maximum atomic E-state index is 11.8. The van der Waals surface area contributed by atoms with Gasteiger partial charge in [-0.1, -0.05) is 18.2 Å². The van der Waals surface area contributed by atoms with Gasteiger partial charge in [0, 0.05) is 38.4 Å². The predicted octanol–water partition coefficient (Wildman–Crippen LogP) is 2.32. The molecule has 0 aliphatic carbocycles. The Hall–Kier alpha value is -2.05. The van der Waals surface area contributed by atoms with Gasteiger partial charge in [0.05, 0.1) is 17.2 Å². The van der Waals surface area contributed by atoms with Crippen molar-refractivity contribution in [2.45, 2.75) is 17.4 Å². The van der Waals surface area contributed by atoms with Gasteiger partial charge >= 0.3 is 0 Å². The van der Waals surface area contributed by atoms with E-state index in [0.29, 0.717) is 17.5 Å². The molecule has 2 aliphatic heterocycles. The molecule has 0 aromatic heterocycles. The molecule has 5 nitrogen and oxygen atoms in total. The second kappa shape index (κ2) is 6.35. The van der Waals surface area contributed by atoms with Crippen LogP contribution in [-0.4, -0.2) is 47.0 Å². The summed E-state index contributed by atoms with van der Waals surface area (Å²) in [6, 6.07) is 13.7. The van der Waals surface area contributed by atoms with E-state index in [9.17, 15) is 8.42 Å². The highest BCUT2D eigenvalue weighted by Crippen LogP contribution is 2.37. The highest BCUT2D eigenvalue weighted by atomic mass is 32.2. The molecule has 0 amide bonds. The Morgan fingerprint density at radius 3 is 2.84 bits per heavy atom. The van der Waals surface area contributed by atoms with Crippen LogP contribution in [0.5, 0.6) is 5.75 Å². The van der Waals surface area contributed by atoms with E-state index in [-0.39, 0.29) is 0 Å². The standard InChI is InChI=1S/C19H22N2O3S/c1-25(22,23)17-4-2-3-14(11-17)15-5-6-18-19(12-15)24-10-7-16-13-20-8-9-21(16)18/h2-6,11-12,16,20H,7-10,13H2,1H3/t16-/m0/s1. The molecule has 0 saturated carbocycles. The number of nitrogens with one attached hydrogen (secondary N) is 1. The monoisotopic (exact) mass is 358 g/mol. The zero-order chi connectivity index (χ0) is 17.4. The van der Waals surface area contributed by atoms with Crippen LogP contribution in [0.25, 0.3) is 11.1 Å². The number of benzene rings is 2. The summed E-state index contributed by atoms with van der Waals surface area (Å²) in [5, 5.41) is 3.45. The van der Waals surface area contributed by atoms with Crippen LogP contribution in [0.1, 0.15) is 6.42 Å². The first-order chi connectivity index (χ1) is 12.0. The van der Waals surface area contributed by atoms with Gasteiger partial charge < -0.3 is 15.0 Å². The van der Waals surface area contributed by atoms with Gasteiger partial charge in [-0.15, -0.1) is 0 Å². The van der Waals surface area contributed by atoms with Gasteiger partial charge in [-0.2, -0.15) is 0 Å². The van der Waals surface area contributed by atoms with Gasteiger partial charge in [0.1, 0.15) is 5.75 Å². The normalized spacial score (nSPS) is 20.2. The quantitative estimate of drug-likeness (QED) is 0.893. The summed E-state index contributed by atoms with van der Waals surface area (Å²) in [7, 11) is -3.22. The largest absolute Gasteiger partial charge is 0.491 e. The highest BCUT2D eigenvalue weighted by molar-refractivity contribution is 7.90. The zero-order valence-corrected chi connectivity index (χ0v) is 15.1. The Morgan fingerprint density at radius 2 is 2.00 bits per heavy atom. The van der Waals surface area contributed by atoms with Crippen LogP contribution in [0.15, 0.2) is 47.4 Å². The van der Waals surface area contributed by atoms with Crippen molar-refractivity contribution in [3.63, 3.8) is 0 Å². The summed E-state index contributed by atoms with van der Waals surface area (Å²) in [6.45, 7) is 3.64. The molecular weight excluding hydrogens is 336 g/mol. The Morgan fingerprint density at radius 1 is 1.16 bits per heavy atom. The van der Waals surface area contributed by atoms with Gasteiger partial charge in [0.2, 0.25) is 0 Å². The van der Waals surface area contributed by atoms with Crippen LogP contribution in [-0.2, 0) is 9.84 Å². The molecule has 0 unspecified atom stereocenters. The van der Waals surface area contributed by atoms with Gasteiger partial charge in [-0.25, -0.2) is 8.42 Å². The molecule has 1 atom stereocenters. The van der Waals surface area contributed by atoms with E-state index in [1.165, 1.54) is 6.26 Å². The molecular formula is C19H22N2O3S. The van der Waals surface area contributed by atoms with Crippen molar-refractivity contribution in [1.82, 2.24) is 5.32 Å². The number of nitrogens with zero attached hydrogens (tertiary/aromatic N) is 1. The van der Waals surface area contributed by atoms with Crippen LogP contribution in [0.4, 0.5) is 5.69 Å². The number of hydrogen-bond acceptors (Lipinski definition) is 5. The number of sulfone groups is 1. The van der Waals surface area contributed by atoms with Crippen molar-refractivity contribution in [2.75, 3.05) is 37.4 Å². The lowest BCUT2D eigenvalue weighted by molar-refractivity contribution is 0.304. The number of anilines is 1. The van der Waals surface area contributed by atoms with Crippen molar-refractivity contribution in [3.8, 4) is 16.9 Å². The Bertz CT molecular complexity index is 895. The van der Waals surface area contributed by atoms with Crippen LogP contribution >= 0.6 is 0 Å². The number of hydrogen-bond donors (Lipinski definition) is 1. The van der Waals surface area contributed by atoms with Crippen molar-refractivity contribution in [1.29, 1.82) is 0 Å². The number of piperazine rings is 1. The lowest BCUT2D eigenvalue weighted by Crippen LogP contribution is -2.51. The number of fused-ring (bicyclic) bond motifs is 3. The Kier molecular flexibility index (Phi) is 4.17. The highest BCUT2D eigenvalue weighted by Gasteiger charge is 2.27. The summed E-state index contributed by atoms with van der Waals surface area (Å²) in [6.07, 6.45) is 2.23. The van der Waals surface area contributed by atoms with Crippen molar-refractivity contribution < 1.29 is 13.2 Å². The maximum Gasteiger partial charge on any atom is 0.175 e. The van der Waals surface area contributed by atoms with E-state index in [4.69, 9.17) is 4.74 Å². The van der Waals surface area contributed by atoms with Crippen molar-refractivity contribution in [2.24, 2.45) is 0 Å². The molecule has 0 spiro atoms. The molecule has 2 heterocycles. The van der Waals surface area contributed by atoms with E-state index in [2.05, 4.69) is 16.3 Å². The fraction of sp³-hybridized carbons (Fsp3) is 0.368. The van der Waals surface area contributed by atoms with Gasteiger partial charge in [-0.05, 0) is 35.4 Å². The number of ether oxygens (including phenoxy) is 1. The summed E-state index contributed by atoms with van der Waals surface area (Å²) < 4.78 is 29.6. The van der Waals surface area contributed by atoms with Gasteiger partial charge in [0.15, 0.2) is 9.84 Å². The van der Waals surface area contributed by atoms with E-state index in [1.54, 1.807) is 18.2 Å². The van der Waals surface area contributed by atoms with E-state index in [1.807, 2.05) is 18.2 Å². The van der Waals surface area contributed by atoms with E-state index < -0.39 is 9.84 Å². The fourth-order valence-corrected chi connectivity index (χ4v) is 4.26. The molecule has 1 fully saturated rings. The zero-order valence-electron chi connectivity index (χ0n) is 14.2. The van der Waals surface area contributed by atoms with Crippen LogP contribution in [0.3, 0.4) is 0 Å². The third kappa shape index (κ3) is 3.24. The molecule has 25 heavy (non-hydrogen) atoms. The lowest BCUT2D eigenvalue weighted by atomic mass is 10.0. The van der Waals surface area contributed by atoms with Gasteiger partial charge in [-0.3, -0.25) is 0 Å². The lowest BCUT2D eigenvalue weighted by Gasteiger charge is -2.36. The van der Waals surface area contributed by atoms with Crippen LogP contribution in [0.2, 0.25) is 0 Å². The SMILES string of the molecule is CS(=O)(=O)c1cccc(-c2ccc3c(c2)OCC[C@H]2CNCCN32)c1. The summed E-state index contributed by atoms with van der Waals surface area (Å²) in [4.78, 5) is 2.76. The van der Waals surface area contributed by atoms with Crippen LogP contribution in [0, 0.1) is 0 Å². The number of rotatable bonds is 2. The first kappa shape index (κ1) is 16.4. The second-order valence-corrected chi connectivity index (χ2v) is 8.69. The molecule has 4 rings (SSSR count). The fourth-order valence-electron chi connectivity index (χ4n) is 3.59. The molecule has 132 valence electrons. The molecule has 0 bridgehead atoms. The molecule has 2 aromatic rings. The van der Waals surface area contributed by atoms with Crippen LogP contribution < -0.4 is 15.0 Å². The minimum absolute atomic E-state index is 0.336. The third-order valence-electron chi connectivity index (χ3n) is 4.92. The molecule has 2 aromatic carbocycles. The molecule has 2 aliphatic rings. The Labute approximate surface area is 148 Å². The summed E-state index contributed by atoms with van der Waals surface area (Å²) in [5.74, 6) is 0.881. The van der Waals surface area contributed by atoms with Gasteiger partial charge in [0.25, 0.3) is 0 Å². The topological polar surface area (TPSA) is 58.6 Å². The first-order valence-electron chi connectivity index (χ1n) is 8.57. The van der Waals surface area contributed by atoms with Crippen molar-refractivity contribution in [3.05, 3.63) is 42.5 Å². The van der Waals surface area contributed by atoms with E-state index in [0.717, 1.165) is 48.6 Å². The molecule has 1 saturated heterocycles. The molecule has 1 N–H and O–H groups in total. The minimum atomic E-state index is -3.22. The van der Waals surface area contributed by atoms with E-state index >= 15 is 0 Å². The summed E-state index contributed by atoms with van der Waals surface area (Å²) in [5.41, 5.74) is 2.99. The minimum Gasteiger partial charge on any atom is -0.491 e. The second-order valence-electron chi connectivity index (χ2n) is 6.67. The smallest absolute Gasteiger partial charge is 0.175 e. The molecule has 0 radical (unpaired) electrons. The third-order valence-corrected chi connectivity index (χ3v) is 6.03. The first-order valence-corrected chi connectivity index (χ1v) is 10.5. The average Bonchev–Trinajstić information content (AvgIpc) is 2.80. The maximum absolute atomic E-state index is 11.8. The van der Waals surface area contributed by atoms with Crippen molar-refractivity contribution >= 4 is 15.5 Å². The predicted molar refractivity (Wildman–Crippen MR) is 99.1 cm³/mol. The summed E-state index contributed by atoms with van der Waals surface area (Å²) >= 11 is 0. The molecule has 6 heteroatoms. The average molecular weight is 358 g/mol. The Balaban J connectivity index is 1.73.